The molecule has 1 aliphatic heterocycles. The molecule has 4 aromatic rings. The fourth-order valence-electron chi connectivity index (χ4n) is 5.50. The SMILES string of the molecule is COc1ccc(N2C(=S)N[C@@H](c3ccccn3)[C@@H]2c2cc(C)n(-c3cc([N+](=O)[O-])ccc3OC)c2C)cc1NS(C)(=O)=O. The number of sulfonamides is 1. The molecule has 2 atom stereocenters. The molecule has 1 saturated heterocycles. The monoisotopic (exact) mass is 622 g/mol. The molecule has 12 nitrogen and oxygen atoms in total. The Bertz CT molecular complexity index is 1830. The molecule has 14 heteroatoms. The van der Waals surface area contributed by atoms with Crippen molar-refractivity contribution in [3.8, 4) is 17.2 Å². The van der Waals surface area contributed by atoms with Gasteiger partial charge in [0.1, 0.15) is 11.5 Å². The summed E-state index contributed by atoms with van der Waals surface area (Å²) in [6.45, 7) is 3.84. The Kier molecular flexibility index (Phi) is 7.99. The fraction of sp³-hybridized carbons (Fsp3) is 0.241. The molecule has 0 unspecified atom stereocenters. The summed E-state index contributed by atoms with van der Waals surface area (Å²) in [6.07, 6.45) is 2.77. The van der Waals surface area contributed by atoms with E-state index in [1.165, 1.54) is 26.4 Å². The number of methoxy groups -OCH3 is 2. The van der Waals surface area contributed by atoms with Crippen molar-refractivity contribution >= 4 is 44.4 Å². The van der Waals surface area contributed by atoms with Gasteiger partial charge in [-0.05, 0) is 74.1 Å². The molecular weight excluding hydrogens is 592 g/mol. The zero-order chi connectivity index (χ0) is 31.1. The number of ether oxygens (including phenoxy) is 2. The van der Waals surface area contributed by atoms with Gasteiger partial charge in [-0.2, -0.15) is 0 Å². The average molecular weight is 623 g/mol. The van der Waals surface area contributed by atoms with E-state index < -0.39 is 21.0 Å². The lowest BCUT2D eigenvalue weighted by Crippen LogP contribution is -2.29. The van der Waals surface area contributed by atoms with Crippen LogP contribution in [0.5, 0.6) is 11.5 Å². The van der Waals surface area contributed by atoms with Crippen LogP contribution in [0.2, 0.25) is 0 Å². The van der Waals surface area contributed by atoms with Gasteiger partial charge < -0.3 is 24.3 Å². The number of aromatic nitrogens is 2. The van der Waals surface area contributed by atoms with Crippen LogP contribution in [0.3, 0.4) is 0 Å². The number of nitro groups is 1. The molecule has 1 fully saturated rings. The molecule has 0 aliphatic carbocycles. The van der Waals surface area contributed by atoms with E-state index in [4.69, 9.17) is 21.7 Å². The maximum absolute atomic E-state index is 12.1. The van der Waals surface area contributed by atoms with Crippen molar-refractivity contribution in [1.82, 2.24) is 14.9 Å². The third kappa shape index (κ3) is 5.70. The second-order valence-corrected chi connectivity index (χ2v) is 12.2. The first-order chi connectivity index (χ1) is 20.4. The number of benzene rings is 2. The standard InChI is InChI=1S/C29H30N6O6S2/c1-17-14-21(18(2)33(17)24-16-20(35(36)37)10-12-26(24)41-4)28-27(22-8-6-7-13-30-22)31-29(42)34(28)19-9-11-25(40-3)23(15-19)32-43(5,38)39/h6-16,27-28,32H,1-5H3,(H,31,42)/t27-,28-/m0/s1. The van der Waals surface area contributed by atoms with E-state index in [9.17, 15) is 18.5 Å². The highest BCUT2D eigenvalue weighted by molar-refractivity contribution is 7.92. The highest BCUT2D eigenvalue weighted by atomic mass is 32.2. The van der Waals surface area contributed by atoms with Gasteiger partial charge in [-0.15, -0.1) is 0 Å². The number of rotatable bonds is 9. The van der Waals surface area contributed by atoms with Crippen molar-refractivity contribution < 1.29 is 22.8 Å². The van der Waals surface area contributed by atoms with Crippen molar-refractivity contribution in [3.05, 3.63) is 99.6 Å². The summed E-state index contributed by atoms with van der Waals surface area (Å²) < 4.78 is 39.7. The van der Waals surface area contributed by atoms with Gasteiger partial charge in [0.05, 0.1) is 54.6 Å². The minimum absolute atomic E-state index is 0.0642. The number of hydrogen-bond acceptors (Lipinski definition) is 8. The van der Waals surface area contributed by atoms with Crippen molar-refractivity contribution in [2.75, 3.05) is 30.1 Å². The summed E-state index contributed by atoms with van der Waals surface area (Å²) >= 11 is 5.87. The molecule has 2 N–H and O–H groups in total. The molecule has 2 aromatic carbocycles. The van der Waals surface area contributed by atoms with Gasteiger partial charge in [0, 0.05) is 35.4 Å². The number of aryl methyl sites for hydroxylation is 1. The van der Waals surface area contributed by atoms with Gasteiger partial charge in [0.2, 0.25) is 10.0 Å². The number of nitrogens with one attached hydrogen (secondary N) is 2. The van der Waals surface area contributed by atoms with Crippen LogP contribution in [0.1, 0.15) is 34.7 Å². The van der Waals surface area contributed by atoms with Gasteiger partial charge in [-0.25, -0.2) is 8.42 Å². The largest absolute Gasteiger partial charge is 0.495 e. The first-order valence-electron chi connectivity index (χ1n) is 13.1. The van der Waals surface area contributed by atoms with E-state index >= 15 is 0 Å². The molecule has 0 amide bonds. The Labute approximate surface area is 254 Å². The number of nitro benzene ring substituents is 1. The Morgan fingerprint density at radius 1 is 1.05 bits per heavy atom. The minimum Gasteiger partial charge on any atom is -0.495 e. The highest BCUT2D eigenvalue weighted by Gasteiger charge is 2.42. The van der Waals surface area contributed by atoms with Crippen molar-refractivity contribution in [1.29, 1.82) is 0 Å². The number of pyridine rings is 1. The Morgan fingerprint density at radius 2 is 1.77 bits per heavy atom. The van der Waals surface area contributed by atoms with Crippen LogP contribution in [0.4, 0.5) is 17.1 Å². The van der Waals surface area contributed by atoms with Crippen LogP contribution in [0, 0.1) is 24.0 Å². The maximum Gasteiger partial charge on any atom is 0.271 e. The topological polar surface area (TPSA) is 141 Å². The Morgan fingerprint density at radius 3 is 2.40 bits per heavy atom. The highest BCUT2D eigenvalue weighted by Crippen LogP contribution is 2.45. The lowest BCUT2D eigenvalue weighted by Gasteiger charge is -2.29. The Hall–Kier alpha value is -4.69. The van der Waals surface area contributed by atoms with Crippen LogP contribution in [0.15, 0.2) is 66.9 Å². The van der Waals surface area contributed by atoms with Crippen LogP contribution in [-0.2, 0) is 10.0 Å². The van der Waals surface area contributed by atoms with Gasteiger partial charge in [-0.1, -0.05) is 6.07 Å². The average Bonchev–Trinajstić information content (AvgIpc) is 3.46. The van der Waals surface area contributed by atoms with E-state index in [1.54, 1.807) is 30.5 Å². The second-order valence-electron chi connectivity index (χ2n) is 10.0. The Balaban J connectivity index is 1.71. The van der Waals surface area contributed by atoms with Crippen LogP contribution < -0.4 is 24.4 Å². The predicted octanol–water partition coefficient (Wildman–Crippen LogP) is 4.96. The van der Waals surface area contributed by atoms with E-state index in [0.29, 0.717) is 28.0 Å². The van der Waals surface area contributed by atoms with E-state index in [1.807, 2.05) is 47.6 Å². The molecule has 0 saturated carbocycles. The quantitative estimate of drug-likeness (QED) is 0.149. The lowest BCUT2D eigenvalue weighted by molar-refractivity contribution is -0.384. The van der Waals surface area contributed by atoms with Crippen molar-refractivity contribution in [2.45, 2.75) is 25.9 Å². The molecule has 0 spiro atoms. The van der Waals surface area contributed by atoms with Gasteiger partial charge in [-0.3, -0.25) is 19.8 Å². The number of non-ortho nitro benzene ring substituents is 1. The number of nitrogens with zero attached hydrogens (tertiary/aromatic N) is 4. The molecule has 224 valence electrons. The third-order valence-electron chi connectivity index (χ3n) is 7.26. The molecule has 0 radical (unpaired) electrons. The molecule has 1 aliphatic rings. The fourth-order valence-corrected chi connectivity index (χ4v) is 6.40. The molecular formula is C29H30N6O6S2. The summed E-state index contributed by atoms with van der Waals surface area (Å²) in [5.74, 6) is 0.824. The predicted molar refractivity (Wildman–Crippen MR) is 168 cm³/mol. The summed E-state index contributed by atoms with van der Waals surface area (Å²) in [5.41, 5.74) is 4.59. The van der Waals surface area contributed by atoms with E-state index in [0.717, 1.165) is 28.9 Å². The first-order valence-corrected chi connectivity index (χ1v) is 15.4. The molecule has 43 heavy (non-hydrogen) atoms. The third-order valence-corrected chi connectivity index (χ3v) is 8.16. The first kappa shape index (κ1) is 29.8. The minimum atomic E-state index is -3.61. The van der Waals surface area contributed by atoms with Gasteiger partial charge in [0.25, 0.3) is 5.69 Å². The number of thiocarbonyl (C=S) groups is 1. The normalized spacial score (nSPS) is 16.6. The number of anilines is 2. The van der Waals surface area contributed by atoms with Crippen LogP contribution in [-0.4, -0.2) is 48.5 Å². The van der Waals surface area contributed by atoms with Crippen LogP contribution in [0.25, 0.3) is 5.69 Å². The number of hydrogen-bond donors (Lipinski definition) is 2. The summed E-state index contributed by atoms with van der Waals surface area (Å²) in [6, 6.07) is 16.4. The summed E-state index contributed by atoms with van der Waals surface area (Å²) in [7, 11) is -0.632. The maximum atomic E-state index is 12.1. The van der Waals surface area contributed by atoms with Crippen molar-refractivity contribution in [3.63, 3.8) is 0 Å². The molecule has 0 bridgehead atoms. The summed E-state index contributed by atoms with van der Waals surface area (Å²) in [5, 5.41) is 15.5. The van der Waals surface area contributed by atoms with E-state index in [2.05, 4.69) is 15.0 Å². The van der Waals surface area contributed by atoms with Crippen LogP contribution >= 0.6 is 12.2 Å². The molecule has 2 aromatic heterocycles. The molecule has 5 rings (SSSR count). The van der Waals surface area contributed by atoms with E-state index in [-0.39, 0.29) is 17.4 Å². The summed E-state index contributed by atoms with van der Waals surface area (Å²) in [4.78, 5) is 17.7. The zero-order valence-electron chi connectivity index (χ0n) is 24.1. The van der Waals surface area contributed by atoms with Gasteiger partial charge >= 0.3 is 0 Å². The lowest BCUT2D eigenvalue weighted by atomic mass is 9.96. The zero-order valence-corrected chi connectivity index (χ0v) is 25.7. The van der Waals surface area contributed by atoms with Crippen molar-refractivity contribution in [2.24, 2.45) is 0 Å². The smallest absolute Gasteiger partial charge is 0.271 e. The molecule has 3 heterocycles. The van der Waals surface area contributed by atoms with Gasteiger partial charge in [0.15, 0.2) is 5.11 Å². The second kappa shape index (κ2) is 11.5.